The second kappa shape index (κ2) is 6.05. The average Bonchev–Trinajstić information content (AvgIpc) is 2.66. The van der Waals surface area contributed by atoms with Gasteiger partial charge in [0.25, 0.3) is 0 Å². The van der Waals surface area contributed by atoms with Gasteiger partial charge >= 0.3 is 0 Å². The molecule has 0 aliphatic carbocycles. The van der Waals surface area contributed by atoms with Crippen LogP contribution in [0.3, 0.4) is 0 Å². The van der Waals surface area contributed by atoms with E-state index in [1.165, 1.54) is 0 Å². The van der Waals surface area contributed by atoms with Gasteiger partial charge in [-0.2, -0.15) is 0 Å². The maximum absolute atomic E-state index is 11.4. The van der Waals surface area contributed by atoms with Gasteiger partial charge in [0, 0.05) is 19.2 Å². The van der Waals surface area contributed by atoms with Crippen LogP contribution in [0, 0.1) is 0 Å². The summed E-state index contributed by atoms with van der Waals surface area (Å²) < 4.78 is 5.34. The van der Waals surface area contributed by atoms with Crippen LogP contribution in [0.15, 0.2) is 0 Å². The van der Waals surface area contributed by atoms with Crippen molar-refractivity contribution in [3.8, 4) is 0 Å². The Hall–Kier alpha value is -0.650. The third kappa shape index (κ3) is 4.59. The third-order valence-electron chi connectivity index (χ3n) is 2.59. The Balaban J connectivity index is 2.12. The number of nitrogens with one attached hydrogen (secondary N) is 1. The van der Waals surface area contributed by atoms with E-state index in [9.17, 15) is 4.79 Å². The zero-order chi connectivity index (χ0) is 11.3. The van der Waals surface area contributed by atoms with E-state index in [1.54, 1.807) is 6.92 Å². The first-order valence-electron chi connectivity index (χ1n) is 5.41. The van der Waals surface area contributed by atoms with Gasteiger partial charge in [0.05, 0.1) is 18.6 Å². The number of hydrogen-bond acceptors (Lipinski definition) is 4. The number of carbonyl (C=O) groups is 1. The minimum Gasteiger partial charge on any atom is -0.392 e. The highest BCUT2D eigenvalue weighted by atomic mass is 16.5. The highest BCUT2D eigenvalue weighted by molar-refractivity contribution is 5.76. The van der Waals surface area contributed by atoms with Gasteiger partial charge in [-0.3, -0.25) is 4.79 Å². The first kappa shape index (κ1) is 12.4. The molecule has 0 aromatic carbocycles. The molecule has 0 aromatic rings. The first-order chi connectivity index (χ1) is 7.09. The van der Waals surface area contributed by atoms with Crippen LogP contribution in [0.5, 0.6) is 0 Å². The van der Waals surface area contributed by atoms with Gasteiger partial charge in [0.15, 0.2) is 0 Å². The van der Waals surface area contributed by atoms with E-state index in [0.717, 1.165) is 19.4 Å². The summed E-state index contributed by atoms with van der Waals surface area (Å²) in [6.45, 7) is 2.67. The molecular formula is C10H20N2O3. The molecule has 3 unspecified atom stereocenters. The molecule has 1 aliphatic heterocycles. The Morgan fingerprint density at radius 3 is 3.00 bits per heavy atom. The average molecular weight is 216 g/mol. The molecule has 4 N–H and O–H groups in total. The van der Waals surface area contributed by atoms with Gasteiger partial charge < -0.3 is 20.9 Å². The van der Waals surface area contributed by atoms with Crippen molar-refractivity contribution in [1.29, 1.82) is 0 Å². The van der Waals surface area contributed by atoms with Crippen LogP contribution in [-0.4, -0.2) is 42.4 Å². The molecule has 5 nitrogen and oxygen atoms in total. The lowest BCUT2D eigenvalue weighted by Crippen LogP contribution is -2.44. The molecule has 1 fully saturated rings. The summed E-state index contributed by atoms with van der Waals surface area (Å²) in [7, 11) is 0. The molecule has 5 heteroatoms. The summed E-state index contributed by atoms with van der Waals surface area (Å²) in [4.78, 5) is 11.4. The molecule has 1 rings (SSSR count). The molecule has 0 bridgehead atoms. The second-order valence-corrected chi connectivity index (χ2v) is 4.05. The predicted octanol–water partition coefficient (Wildman–Crippen LogP) is -0.620. The van der Waals surface area contributed by atoms with Crippen LogP contribution in [0.25, 0.3) is 0 Å². The number of ether oxygens (including phenoxy) is 1. The molecule has 0 radical (unpaired) electrons. The fourth-order valence-electron chi connectivity index (χ4n) is 1.49. The normalized spacial score (nSPS) is 24.9. The topological polar surface area (TPSA) is 84.6 Å². The predicted molar refractivity (Wildman–Crippen MR) is 56.3 cm³/mol. The molecule has 3 atom stereocenters. The summed E-state index contributed by atoms with van der Waals surface area (Å²) in [5, 5.41) is 11.8. The lowest BCUT2D eigenvalue weighted by atomic mass is 10.1. The molecule has 1 heterocycles. The van der Waals surface area contributed by atoms with Crippen molar-refractivity contribution < 1.29 is 14.6 Å². The highest BCUT2D eigenvalue weighted by Crippen LogP contribution is 2.14. The number of carbonyl (C=O) groups excluding carboxylic acids is 1. The number of amides is 1. The molecule has 1 saturated heterocycles. The van der Waals surface area contributed by atoms with Gasteiger partial charge in [-0.25, -0.2) is 0 Å². The van der Waals surface area contributed by atoms with Crippen LogP contribution < -0.4 is 11.1 Å². The minimum atomic E-state index is -0.604. The van der Waals surface area contributed by atoms with E-state index >= 15 is 0 Å². The fourth-order valence-corrected chi connectivity index (χ4v) is 1.49. The Labute approximate surface area is 90.0 Å². The SMILES string of the molecule is CC(O)C(N)CNC(=O)CC1CCCO1. The van der Waals surface area contributed by atoms with E-state index in [1.807, 2.05) is 0 Å². The highest BCUT2D eigenvalue weighted by Gasteiger charge is 2.19. The number of hydrogen-bond donors (Lipinski definition) is 3. The van der Waals surface area contributed by atoms with E-state index in [-0.39, 0.29) is 12.0 Å². The number of aliphatic hydroxyl groups excluding tert-OH is 1. The Kier molecular flexibility index (Phi) is 5.01. The monoisotopic (exact) mass is 216 g/mol. The third-order valence-corrected chi connectivity index (χ3v) is 2.59. The number of nitrogens with two attached hydrogens (primary N) is 1. The zero-order valence-corrected chi connectivity index (χ0v) is 9.11. The van der Waals surface area contributed by atoms with Crippen molar-refractivity contribution in [2.45, 2.75) is 44.4 Å². The minimum absolute atomic E-state index is 0.0574. The molecule has 88 valence electrons. The standard InChI is InChI=1S/C10H20N2O3/c1-7(13)9(11)6-12-10(14)5-8-3-2-4-15-8/h7-9,13H,2-6,11H2,1H3,(H,12,14). The maximum Gasteiger partial charge on any atom is 0.222 e. The largest absolute Gasteiger partial charge is 0.392 e. The summed E-state index contributed by atoms with van der Waals surface area (Å²) in [6, 6.07) is -0.404. The van der Waals surface area contributed by atoms with E-state index in [0.29, 0.717) is 13.0 Å². The quantitative estimate of drug-likeness (QED) is 0.572. The lowest BCUT2D eigenvalue weighted by molar-refractivity contribution is -0.123. The van der Waals surface area contributed by atoms with Crippen LogP contribution in [0.1, 0.15) is 26.2 Å². The van der Waals surface area contributed by atoms with Gasteiger partial charge in [-0.15, -0.1) is 0 Å². The maximum atomic E-state index is 11.4. The molecule has 1 aliphatic rings. The van der Waals surface area contributed by atoms with Gasteiger partial charge in [-0.1, -0.05) is 0 Å². The Morgan fingerprint density at radius 2 is 2.47 bits per heavy atom. The number of aliphatic hydroxyl groups is 1. The second-order valence-electron chi connectivity index (χ2n) is 4.05. The van der Waals surface area contributed by atoms with Gasteiger partial charge in [-0.05, 0) is 19.8 Å². The van der Waals surface area contributed by atoms with Crippen molar-refractivity contribution in [2.24, 2.45) is 5.73 Å². The van der Waals surface area contributed by atoms with Crippen LogP contribution in [0.4, 0.5) is 0 Å². The van der Waals surface area contributed by atoms with Crippen LogP contribution in [-0.2, 0) is 9.53 Å². The van der Waals surface area contributed by atoms with Crippen molar-refractivity contribution in [1.82, 2.24) is 5.32 Å². The molecule has 0 spiro atoms. The molecule has 15 heavy (non-hydrogen) atoms. The van der Waals surface area contributed by atoms with Crippen molar-refractivity contribution >= 4 is 5.91 Å². The molecule has 1 amide bonds. The smallest absolute Gasteiger partial charge is 0.222 e. The van der Waals surface area contributed by atoms with Gasteiger partial charge in [0.1, 0.15) is 0 Å². The molecular weight excluding hydrogens is 196 g/mol. The number of rotatable bonds is 5. The van der Waals surface area contributed by atoms with Crippen LogP contribution >= 0.6 is 0 Å². The van der Waals surface area contributed by atoms with Crippen molar-refractivity contribution in [2.75, 3.05) is 13.2 Å². The lowest BCUT2D eigenvalue weighted by Gasteiger charge is -2.16. The van der Waals surface area contributed by atoms with Crippen molar-refractivity contribution in [3.05, 3.63) is 0 Å². The van der Waals surface area contributed by atoms with E-state index in [4.69, 9.17) is 15.6 Å². The van der Waals surface area contributed by atoms with Crippen LogP contribution in [0.2, 0.25) is 0 Å². The Bertz CT molecular complexity index is 203. The van der Waals surface area contributed by atoms with E-state index in [2.05, 4.69) is 5.32 Å². The van der Waals surface area contributed by atoms with Crippen molar-refractivity contribution in [3.63, 3.8) is 0 Å². The summed E-state index contributed by atoms with van der Waals surface area (Å²) in [5.74, 6) is -0.0574. The molecule has 0 saturated carbocycles. The first-order valence-corrected chi connectivity index (χ1v) is 5.41. The Morgan fingerprint density at radius 1 is 1.73 bits per heavy atom. The zero-order valence-electron chi connectivity index (χ0n) is 9.11. The van der Waals surface area contributed by atoms with E-state index < -0.39 is 12.1 Å². The summed E-state index contributed by atoms with van der Waals surface area (Å²) in [5.41, 5.74) is 5.58. The summed E-state index contributed by atoms with van der Waals surface area (Å²) in [6.07, 6.45) is 1.84. The molecule has 0 aromatic heterocycles. The van der Waals surface area contributed by atoms with Gasteiger partial charge in [0.2, 0.25) is 5.91 Å². The fraction of sp³-hybridized carbons (Fsp3) is 0.900. The summed E-state index contributed by atoms with van der Waals surface area (Å²) >= 11 is 0.